The molecule has 0 bridgehead atoms. The molecular formula is C21H27ClN4O. The Morgan fingerprint density at radius 1 is 1.11 bits per heavy atom. The number of nitrogens with one attached hydrogen (secondary N) is 2. The highest BCUT2D eigenvalue weighted by atomic mass is 35.5. The van der Waals surface area contributed by atoms with E-state index in [2.05, 4.69) is 53.6 Å². The quantitative estimate of drug-likeness (QED) is 0.501. The number of nitrogens with two attached hydrogens (primary N) is 2. The minimum absolute atomic E-state index is 0. The number of rotatable bonds is 7. The normalized spacial score (nSPS) is 11.8. The topological polar surface area (TPSA) is 96.9 Å². The van der Waals surface area contributed by atoms with E-state index in [-0.39, 0.29) is 24.4 Å². The zero-order valence-electron chi connectivity index (χ0n) is 15.5. The molecule has 1 unspecified atom stereocenters. The Balaban J connectivity index is 0.00000261. The van der Waals surface area contributed by atoms with E-state index < -0.39 is 0 Å². The van der Waals surface area contributed by atoms with Gasteiger partial charge in [-0.15, -0.1) is 12.4 Å². The van der Waals surface area contributed by atoms with Crippen molar-refractivity contribution < 1.29 is 4.79 Å². The summed E-state index contributed by atoms with van der Waals surface area (Å²) in [5, 5.41) is 3.90. The third-order valence-electron chi connectivity index (χ3n) is 4.56. The van der Waals surface area contributed by atoms with Crippen molar-refractivity contribution in [1.82, 2.24) is 10.3 Å². The lowest BCUT2D eigenvalue weighted by molar-refractivity contribution is 0.0946. The monoisotopic (exact) mass is 386 g/mol. The maximum absolute atomic E-state index is 12.4. The van der Waals surface area contributed by atoms with Gasteiger partial charge in [0.15, 0.2) is 0 Å². The molecule has 0 aliphatic carbocycles. The number of carbonyl (C=O) groups is 1. The summed E-state index contributed by atoms with van der Waals surface area (Å²) in [4.78, 5) is 15.6. The van der Waals surface area contributed by atoms with Crippen molar-refractivity contribution in [3.05, 3.63) is 59.8 Å². The van der Waals surface area contributed by atoms with E-state index in [0.717, 1.165) is 34.9 Å². The molecule has 6 heteroatoms. The Morgan fingerprint density at radius 2 is 1.81 bits per heavy atom. The fourth-order valence-electron chi connectivity index (χ4n) is 2.98. The van der Waals surface area contributed by atoms with Crippen molar-refractivity contribution >= 4 is 29.2 Å². The average molecular weight is 387 g/mol. The third kappa shape index (κ3) is 5.32. The zero-order valence-corrected chi connectivity index (χ0v) is 16.3. The van der Waals surface area contributed by atoms with Crippen LogP contribution in [-0.4, -0.2) is 30.0 Å². The van der Waals surface area contributed by atoms with Crippen LogP contribution in [0.4, 0.5) is 0 Å². The van der Waals surface area contributed by atoms with Gasteiger partial charge in [0.2, 0.25) is 0 Å². The second-order valence-electron chi connectivity index (χ2n) is 6.75. The molecule has 1 atom stereocenters. The van der Waals surface area contributed by atoms with Crippen LogP contribution in [0.2, 0.25) is 0 Å². The Kier molecular flexibility index (Phi) is 7.42. The van der Waals surface area contributed by atoms with Gasteiger partial charge < -0.3 is 21.8 Å². The lowest BCUT2D eigenvalue weighted by Crippen LogP contribution is -2.37. The summed E-state index contributed by atoms with van der Waals surface area (Å²) in [6, 6.07) is 16.4. The summed E-state index contributed by atoms with van der Waals surface area (Å²) in [5.41, 5.74) is 16.5. The number of amides is 1. The first-order chi connectivity index (χ1) is 12.6. The van der Waals surface area contributed by atoms with Gasteiger partial charge >= 0.3 is 0 Å². The van der Waals surface area contributed by atoms with E-state index in [4.69, 9.17) is 11.5 Å². The standard InChI is InChI=1S/C21H26N4O.ClH/c1-14-4-6-15(7-5-14)16-8-9-17-12-20(25-19(17)11-16)21(26)24-13-18(23)3-2-10-22;/h4-9,11-12,18,25H,2-3,10,13,22-23H2,1H3,(H,24,26);1H. The predicted molar refractivity (Wildman–Crippen MR) is 114 cm³/mol. The maximum atomic E-state index is 12.4. The lowest BCUT2D eigenvalue weighted by atomic mass is 10.0. The molecule has 0 fully saturated rings. The van der Waals surface area contributed by atoms with Gasteiger partial charge in [0.1, 0.15) is 5.69 Å². The van der Waals surface area contributed by atoms with Crippen molar-refractivity contribution in [3.8, 4) is 11.1 Å². The molecule has 3 rings (SSSR count). The van der Waals surface area contributed by atoms with Crippen molar-refractivity contribution in [2.75, 3.05) is 13.1 Å². The minimum atomic E-state index is -0.138. The largest absolute Gasteiger partial charge is 0.351 e. The van der Waals surface area contributed by atoms with Crippen LogP contribution in [0.5, 0.6) is 0 Å². The first kappa shape index (κ1) is 21.0. The molecule has 0 radical (unpaired) electrons. The van der Waals surface area contributed by atoms with E-state index >= 15 is 0 Å². The number of benzene rings is 2. The fourth-order valence-corrected chi connectivity index (χ4v) is 2.98. The summed E-state index contributed by atoms with van der Waals surface area (Å²) < 4.78 is 0. The molecule has 5 nitrogen and oxygen atoms in total. The molecule has 1 heterocycles. The van der Waals surface area contributed by atoms with Gasteiger partial charge in [-0.25, -0.2) is 0 Å². The van der Waals surface area contributed by atoms with Gasteiger partial charge in [-0.3, -0.25) is 4.79 Å². The Hall–Kier alpha value is -2.34. The molecule has 6 N–H and O–H groups in total. The van der Waals surface area contributed by atoms with Crippen molar-refractivity contribution in [2.24, 2.45) is 11.5 Å². The zero-order chi connectivity index (χ0) is 18.5. The molecule has 0 saturated heterocycles. The molecule has 0 spiro atoms. The lowest BCUT2D eigenvalue weighted by Gasteiger charge is -2.11. The highest BCUT2D eigenvalue weighted by Crippen LogP contribution is 2.25. The number of hydrogen-bond donors (Lipinski definition) is 4. The summed E-state index contributed by atoms with van der Waals surface area (Å²) in [6.45, 7) is 3.14. The van der Waals surface area contributed by atoms with E-state index in [1.807, 2.05) is 12.1 Å². The fraction of sp³-hybridized carbons (Fsp3) is 0.286. The van der Waals surface area contributed by atoms with Crippen LogP contribution in [0.3, 0.4) is 0 Å². The number of fused-ring (bicyclic) bond motifs is 1. The van der Waals surface area contributed by atoms with Gasteiger partial charge in [-0.1, -0.05) is 42.0 Å². The smallest absolute Gasteiger partial charge is 0.267 e. The van der Waals surface area contributed by atoms with E-state index in [1.54, 1.807) is 0 Å². The van der Waals surface area contributed by atoms with Gasteiger partial charge in [0.05, 0.1) is 0 Å². The number of aromatic nitrogens is 1. The van der Waals surface area contributed by atoms with Crippen LogP contribution in [0, 0.1) is 6.92 Å². The summed E-state index contributed by atoms with van der Waals surface area (Å²) in [5.74, 6) is -0.138. The van der Waals surface area contributed by atoms with Crippen LogP contribution < -0.4 is 16.8 Å². The van der Waals surface area contributed by atoms with Crippen molar-refractivity contribution in [2.45, 2.75) is 25.8 Å². The van der Waals surface area contributed by atoms with Gasteiger partial charge in [-0.05, 0) is 49.6 Å². The number of H-pyrrole nitrogens is 1. The maximum Gasteiger partial charge on any atom is 0.267 e. The molecule has 0 aliphatic heterocycles. The molecule has 2 aromatic carbocycles. The number of aromatic amines is 1. The van der Waals surface area contributed by atoms with Crippen molar-refractivity contribution in [1.29, 1.82) is 0 Å². The van der Waals surface area contributed by atoms with Gasteiger partial charge in [-0.2, -0.15) is 0 Å². The number of hydrogen-bond acceptors (Lipinski definition) is 3. The second kappa shape index (κ2) is 9.55. The van der Waals surface area contributed by atoms with Crippen LogP contribution >= 0.6 is 12.4 Å². The van der Waals surface area contributed by atoms with E-state index in [1.165, 1.54) is 5.56 Å². The highest BCUT2D eigenvalue weighted by Gasteiger charge is 2.11. The van der Waals surface area contributed by atoms with E-state index in [0.29, 0.717) is 18.8 Å². The van der Waals surface area contributed by atoms with Crippen LogP contribution in [0.25, 0.3) is 22.0 Å². The molecule has 144 valence electrons. The van der Waals surface area contributed by atoms with Gasteiger partial charge in [0.25, 0.3) is 5.91 Å². The Bertz CT molecular complexity index is 889. The summed E-state index contributed by atoms with van der Waals surface area (Å²) in [7, 11) is 0. The molecule has 1 aromatic heterocycles. The SMILES string of the molecule is Cc1ccc(-c2ccc3cc(C(=O)NCC(N)CCCN)[nH]c3c2)cc1.Cl. The van der Waals surface area contributed by atoms with Gasteiger partial charge in [0, 0.05) is 23.5 Å². The highest BCUT2D eigenvalue weighted by molar-refractivity contribution is 5.98. The summed E-state index contributed by atoms with van der Waals surface area (Å²) >= 11 is 0. The molecule has 0 aliphatic rings. The van der Waals surface area contributed by atoms with Crippen LogP contribution in [-0.2, 0) is 0 Å². The number of aryl methyl sites for hydroxylation is 1. The number of carbonyl (C=O) groups excluding carboxylic acids is 1. The van der Waals surface area contributed by atoms with Crippen LogP contribution in [0.15, 0.2) is 48.5 Å². The third-order valence-corrected chi connectivity index (χ3v) is 4.56. The average Bonchev–Trinajstić information content (AvgIpc) is 3.08. The van der Waals surface area contributed by atoms with Crippen LogP contribution in [0.1, 0.15) is 28.9 Å². The molecular weight excluding hydrogens is 360 g/mol. The molecule has 1 amide bonds. The van der Waals surface area contributed by atoms with E-state index in [9.17, 15) is 4.79 Å². The first-order valence-electron chi connectivity index (χ1n) is 9.00. The minimum Gasteiger partial charge on any atom is -0.351 e. The summed E-state index contributed by atoms with van der Waals surface area (Å²) in [6.07, 6.45) is 1.68. The molecule has 27 heavy (non-hydrogen) atoms. The Labute approximate surface area is 165 Å². The molecule has 0 saturated carbocycles. The first-order valence-corrected chi connectivity index (χ1v) is 9.00. The second-order valence-corrected chi connectivity index (χ2v) is 6.75. The molecule has 3 aromatic rings. The number of halogens is 1. The predicted octanol–water partition coefficient (Wildman–Crippen LogP) is 3.36. The van der Waals surface area contributed by atoms with Crippen molar-refractivity contribution in [3.63, 3.8) is 0 Å². The Morgan fingerprint density at radius 3 is 2.52 bits per heavy atom.